The Balaban J connectivity index is 1.73. The molecule has 1 aromatic carbocycles. The predicted molar refractivity (Wildman–Crippen MR) is 103 cm³/mol. The van der Waals surface area contributed by atoms with Gasteiger partial charge in [-0.1, -0.05) is 26.0 Å². The van der Waals surface area contributed by atoms with E-state index in [1.54, 1.807) is 0 Å². The highest BCUT2D eigenvalue weighted by atomic mass is 19.1. The summed E-state index contributed by atoms with van der Waals surface area (Å²) in [6.45, 7) is 8.47. The maximum atomic E-state index is 13.2. The molecular weight excluding hydrogens is 347 g/mol. The van der Waals surface area contributed by atoms with Gasteiger partial charge in [-0.15, -0.1) is 0 Å². The van der Waals surface area contributed by atoms with Crippen molar-refractivity contribution in [2.45, 2.75) is 39.4 Å². The Bertz CT molecular complexity index is 831. The van der Waals surface area contributed by atoms with E-state index in [0.29, 0.717) is 24.2 Å². The minimum Gasteiger partial charge on any atom is -0.310 e. The van der Waals surface area contributed by atoms with Gasteiger partial charge in [-0.05, 0) is 36.6 Å². The second-order valence-electron chi connectivity index (χ2n) is 7.61. The molecule has 1 fully saturated rings. The molecular formula is C20H27FN4O2. The molecule has 2 N–H and O–H groups in total. The smallest absolute Gasteiger partial charge is 0.310 e. The number of hydrogen-bond donors (Lipinski definition) is 2. The molecule has 2 heterocycles. The number of aromatic nitrogens is 2. The van der Waals surface area contributed by atoms with E-state index in [1.165, 1.54) is 18.2 Å². The Morgan fingerprint density at radius 2 is 1.85 bits per heavy atom. The molecule has 0 amide bonds. The first-order valence-corrected chi connectivity index (χ1v) is 9.44. The molecule has 0 radical (unpaired) electrons. The molecule has 7 heteroatoms. The van der Waals surface area contributed by atoms with Crippen molar-refractivity contribution >= 4 is 0 Å². The molecule has 1 aliphatic rings. The summed E-state index contributed by atoms with van der Waals surface area (Å²) in [5.41, 5.74) is 0.903. The number of H-pyrrole nitrogens is 2. The number of aromatic amines is 2. The fourth-order valence-corrected chi connectivity index (χ4v) is 3.78. The number of benzene rings is 1. The van der Waals surface area contributed by atoms with Gasteiger partial charge in [0, 0.05) is 44.0 Å². The monoisotopic (exact) mass is 374 g/mol. The van der Waals surface area contributed by atoms with E-state index in [-0.39, 0.29) is 11.4 Å². The van der Waals surface area contributed by atoms with Gasteiger partial charge in [0.05, 0.1) is 0 Å². The molecule has 0 saturated carbocycles. The molecule has 0 unspecified atom stereocenters. The molecule has 1 atom stereocenters. The lowest BCUT2D eigenvalue weighted by atomic mass is 10.0. The van der Waals surface area contributed by atoms with Crippen LogP contribution in [0.25, 0.3) is 0 Å². The highest BCUT2D eigenvalue weighted by Gasteiger charge is 2.27. The minimum atomic E-state index is -0.467. The van der Waals surface area contributed by atoms with Gasteiger partial charge in [-0.3, -0.25) is 19.6 Å². The first kappa shape index (κ1) is 19.5. The third-order valence-electron chi connectivity index (χ3n) is 5.11. The van der Waals surface area contributed by atoms with Crippen LogP contribution in [0, 0.1) is 11.7 Å². The van der Waals surface area contributed by atoms with Gasteiger partial charge >= 0.3 is 5.69 Å². The van der Waals surface area contributed by atoms with Crippen LogP contribution >= 0.6 is 0 Å². The largest absolute Gasteiger partial charge is 0.325 e. The summed E-state index contributed by atoms with van der Waals surface area (Å²) in [4.78, 5) is 32.7. The number of nitrogens with zero attached hydrogens (tertiary/aromatic N) is 2. The first-order valence-electron chi connectivity index (χ1n) is 9.44. The Labute approximate surface area is 158 Å². The standard InChI is InChI=1S/C20H27FN4O2/c1-14(2)18-13-24(12-17-10-19(26)23-20(27)22-17)8-3-9-25(18)11-15-4-6-16(21)7-5-15/h4-7,10,14,18H,3,8-9,11-13H2,1-2H3,(H2,22,23,26,27)/t18-/m0/s1. The third kappa shape index (κ3) is 5.37. The summed E-state index contributed by atoms with van der Waals surface area (Å²) in [5.74, 6) is 0.234. The maximum absolute atomic E-state index is 13.2. The van der Waals surface area contributed by atoms with Gasteiger partial charge in [0.2, 0.25) is 0 Å². The fraction of sp³-hybridized carbons (Fsp3) is 0.500. The molecule has 146 valence electrons. The average Bonchev–Trinajstić information content (AvgIpc) is 2.78. The van der Waals surface area contributed by atoms with Gasteiger partial charge in [-0.2, -0.15) is 0 Å². The summed E-state index contributed by atoms with van der Waals surface area (Å²) in [6.07, 6.45) is 0.998. The van der Waals surface area contributed by atoms with Crippen LogP contribution in [0.2, 0.25) is 0 Å². The van der Waals surface area contributed by atoms with Gasteiger partial charge in [0.25, 0.3) is 5.56 Å². The van der Waals surface area contributed by atoms with Crippen molar-refractivity contribution in [3.05, 3.63) is 68.2 Å². The van der Waals surface area contributed by atoms with Crippen LogP contribution in [-0.2, 0) is 13.1 Å². The minimum absolute atomic E-state index is 0.215. The van der Waals surface area contributed by atoms with E-state index in [1.807, 2.05) is 12.1 Å². The van der Waals surface area contributed by atoms with Gasteiger partial charge in [0.15, 0.2) is 0 Å². The van der Waals surface area contributed by atoms with Gasteiger partial charge in [-0.25, -0.2) is 9.18 Å². The first-order chi connectivity index (χ1) is 12.9. The average molecular weight is 374 g/mol. The summed E-state index contributed by atoms with van der Waals surface area (Å²) >= 11 is 0. The second-order valence-corrected chi connectivity index (χ2v) is 7.61. The van der Waals surface area contributed by atoms with Crippen molar-refractivity contribution in [3.63, 3.8) is 0 Å². The molecule has 1 aliphatic heterocycles. The number of hydrogen-bond acceptors (Lipinski definition) is 4. The molecule has 6 nitrogen and oxygen atoms in total. The van der Waals surface area contributed by atoms with E-state index in [2.05, 4.69) is 33.6 Å². The van der Waals surface area contributed by atoms with E-state index >= 15 is 0 Å². The van der Waals surface area contributed by atoms with Crippen molar-refractivity contribution in [2.24, 2.45) is 5.92 Å². The van der Waals surface area contributed by atoms with Crippen molar-refractivity contribution in [3.8, 4) is 0 Å². The summed E-state index contributed by atoms with van der Waals surface area (Å²) in [5, 5.41) is 0. The lowest BCUT2D eigenvalue weighted by molar-refractivity contribution is 0.129. The zero-order chi connectivity index (χ0) is 19.4. The van der Waals surface area contributed by atoms with Crippen LogP contribution in [-0.4, -0.2) is 45.4 Å². The van der Waals surface area contributed by atoms with E-state index in [4.69, 9.17) is 0 Å². The molecule has 3 rings (SSSR count). The van der Waals surface area contributed by atoms with Crippen molar-refractivity contribution in [2.75, 3.05) is 19.6 Å². The van der Waals surface area contributed by atoms with Crippen LogP contribution in [0.4, 0.5) is 4.39 Å². The Morgan fingerprint density at radius 1 is 1.11 bits per heavy atom. The van der Waals surface area contributed by atoms with E-state index < -0.39 is 5.69 Å². The lowest BCUT2D eigenvalue weighted by Gasteiger charge is -2.34. The van der Waals surface area contributed by atoms with Crippen LogP contribution in [0.3, 0.4) is 0 Å². The second kappa shape index (κ2) is 8.63. The SMILES string of the molecule is CC(C)[C@@H]1CN(Cc2cc(=O)[nH]c(=O)[nH]2)CCCN1Cc1ccc(F)cc1. The Kier molecular flexibility index (Phi) is 6.23. The number of rotatable bonds is 5. The maximum Gasteiger partial charge on any atom is 0.325 e. The van der Waals surface area contributed by atoms with Gasteiger partial charge < -0.3 is 4.98 Å². The van der Waals surface area contributed by atoms with Crippen LogP contribution < -0.4 is 11.2 Å². The normalized spacial score (nSPS) is 19.3. The van der Waals surface area contributed by atoms with Crippen molar-refractivity contribution in [1.29, 1.82) is 0 Å². The molecule has 0 aliphatic carbocycles. The molecule has 1 aromatic heterocycles. The zero-order valence-corrected chi connectivity index (χ0v) is 15.9. The highest BCUT2D eigenvalue weighted by Crippen LogP contribution is 2.21. The molecule has 1 saturated heterocycles. The Morgan fingerprint density at radius 3 is 2.52 bits per heavy atom. The summed E-state index contributed by atoms with van der Waals surface area (Å²) < 4.78 is 13.2. The molecule has 0 spiro atoms. The van der Waals surface area contributed by atoms with Crippen molar-refractivity contribution < 1.29 is 4.39 Å². The quantitative estimate of drug-likeness (QED) is 0.839. The summed E-state index contributed by atoms with van der Waals surface area (Å²) in [7, 11) is 0. The number of nitrogens with one attached hydrogen (secondary N) is 2. The third-order valence-corrected chi connectivity index (χ3v) is 5.11. The topological polar surface area (TPSA) is 72.2 Å². The fourth-order valence-electron chi connectivity index (χ4n) is 3.78. The summed E-state index contributed by atoms with van der Waals surface area (Å²) in [6, 6.07) is 8.49. The number of halogens is 1. The van der Waals surface area contributed by atoms with Gasteiger partial charge in [0.1, 0.15) is 5.82 Å². The predicted octanol–water partition coefficient (Wildman–Crippen LogP) is 1.93. The Hall–Kier alpha value is -2.25. The molecule has 0 bridgehead atoms. The molecule has 2 aromatic rings. The zero-order valence-electron chi connectivity index (χ0n) is 15.9. The van der Waals surface area contributed by atoms with Crippen LogP contribution in [0.5, 0.6) is 0 Å². The van der Waals surface area contributed by atoms with E-state index in [9.17, 15) is 14.0 Å². The molecule has 27 heavy (non-hydrogen) atoms. The van der Waals surface area contributed by atoms with Crippen molar-refractivity contribution in [1.82, 2.24) is 19.8 Å². The lowest BCUT2D eigenvalue weighted by Crippen LogP contribution is -2.44. The highest BCUT2D eigenvalue weighted by molar-refractivity contribution is 5.16. The van der Waals surface area contributed by atoms with E-state index in [0.717, 1.165) is 38.2 Å². The van der Waals surface area contributed by atoms with Crippen LogP contribution in [0.1, 0.15) is 31.5 Å². The van der Waals surface area contributed by atoms with Crippen LogP contribution in [0.15, 0.2) is 39.9 Å².